The summed E-state index contributed by atoms with van der Waals surface area (Å²) in [7, 11) is 0. The molecule has 2 aromatic rings. The Morgan fingerprint density at radius 1 is 0.889 bits per heavy atom. The molecule has 3 heteroatoms. The molecule has 0 aliphatic rings. The normalized spacial score (nSPS) is 12.6. The van der Waals surface area contributed by atoms with Gasteiger partial charge < -0.3 is 10.2 Å². The van der Waals surface area contributed by atoms with Crippen molar-refractivity contribution in [3.05, 3.63) is 71.8 Å². The van der Waals surface area contributed by atoms with E-state index in [-0.39, 0.29) is 5.91 Å². The van der Waals surface area contributed by atoms with Crippen LogP contribution in [0.5, 0.6) is 0 Å². The van der Waals surface area contributed by atoms with E-state index in [1.165, 1.54) is 0 Å². The van der Waals surface area contributed by atoms with Crippen LogP contribution in [0.25, 0.3) is 0 Å². The molecule has 0 aromatic heterocycles. The van der Waals surface area contributed by atoms with Crippen LogP contribution < -0.4 is 5.73 Å². The lowest BCUT2D eigenvalue weighted by atomic mass is 9.71. The molecule has 0 heterocycles. The summed E-state index contributed by atoms with van der Waals surface area (Å²) in [6.45, 7) is 13.3. The fourth-order valence-electron chi connectivity index (χ4n) is 4.69. The van der Waals surface area contributed by atoms with Crippen LogP contribution in [0.2, 0.25) is 0 Å². The van der Waals surface area contributed by atoms with E-state index in [0.717, 1.165) is 28.7 Å². The second kappa shape index (κ2) is 8.71. The first kappa shape index (κ1) is 21.2. The van der Waals surface area contributed by atoms with Gasteiger partial charge in [0.1, 0.15) is 5.41 Å². The van der Waals surface area contributed by atoms with E-state index >= 15 is 0 Å². The minimum absolute atomic E-state index is 0.276. The van der Waals surface area contributed by atoms with Crippen molar-refractivity contribution in [2.45, 2.75) is 58.5 Å². The highest BCUT2D eigenvalue weighted by molar-refractivity contribution is 5.90. The van der Waals surface area contributed by atoms with Crippen molar-refractivity contribution in [3.8, 4) is 0 Å². The Hall–Kier alpha value is -2.13. The van der Waals surface area contributed by atoms with Gasteiger partial charge in [0.2, 0.25) is 5.91 Å². The van der Waals surface area contributed by atoms with Crippen LogP contribution in [0.4, 0.5) is 0 Å². The number of carbonyl (C=O) groups is 1. The molecule has 0 unspecified atom stereocenters. The van der Waals surface area contributed by atoms with E-state index in [9.17, 15) is 4.79 Å². The van der Waals surface area contributed by atoms with Gasteiger partial charge >= 0.3 is 0 Å². The highest BCUT2D eigenvalue weighted by atomic mass is 16.1. The molecule has 0 saturated carbocycles. The Balaban J connectivity index is 2.59. The lowest BCUT2D eigenvalue weighted by Crippen LogP contribution is -2.60. The van der Waals surface area contributed by atoms with Gasteiger partial charge in [0.15, 0.2) is 0 Å². The zero-order chi connectivity index (χ0) is 20.1. The van der Waals surface area contributed by atoms with Crippen molar-refractivity contribution in [3.63, 3.8) is 0 Å². The standard InChI is InChI=1S/C24H34N2O/c1-6-26(19(2)3,20(4)5)18-17-24(23(25)27,21-13-9-7-10-14-21)22-15-11-8-12-16-22/h7-16,19-20H,6,17-18H2,1-5H3,(H-,25,27)/p+1. The van der Waals surface area contributed by atoms with Gasteiger partial charge in [0.05, 0.1) is 25.2 Å². The third-order valence-electron chi connectivity index (χ3n) is 6.50. The average Bonchev–Trinajstić information content (AvgIpc) is 2.66. The van der Waals surface area contributed by atoms with Crippen LogP contribution in [0.1, 0.15) is 52.2 Å². The number of rotatable bonds is 9. The Kier molecular flexibility index (Phi) is 6.83. The third-order valence-corrected chi connectivity index (χ3v) is 6.50. The number of hydrogen-bond acceptors (Lipinski definition) is 1. The maximum Gasteiger partial charge on any atom is 0.232 e. The van der Waals surface area contributed by atoms with Gasteiger partial charge in [-0.05, 0) is 45.7 Å². The largest absolute Gasteiger partial charge is 0.369 e. The van der Waals surface area contributed by atoms with Gasteiger partial charge in [-0.3, -0.25) is 4.79 Å². The van der Waals surface area contributed by atoms with E-state index in [2.05, 4.69) is 34.6 Å². The Morgan fingerprint density at radius 3 is 1.59 bits per heavy atom. The van der Waals surface area contributed by atoms with Crippen molar-refractivity contribution < 1.29 is 9.28 Å². The zero-order valence-electron chi connectivity index (χ0n) is 17.5. The number of carbonyl (C=O) groups excluding carboxylic acids is 1. The predicted molar refractivity (Wildman–Crippen MR) is 113 cm³/mol. The molecule has 0 aliphatic heterocycles. The summed E-state index contributed by atoms with van der Waals surface area (Å²) in [6, 6.07) is 21.0. The van der Waals surface area contributed by atoms with Crippen molar-refractivity contribution in [1.82, 2.24) is 0 Å². The van der Waals surface area contributed by atoms with Gasteiger partial charge in [-0.25, -0.2) is 0 Å². The summed E-state index contributed by atoms with van der Waals surface area (Å²) in [5, 5.41) is 0. The molecule has 1 amide bonds. The van der Waals surface area contributed by atoms with Gasteiger partial charge in [-0.1, -0.05) is 60.7 Å². The van der Waals surface area contributed by atoms with Gasteiger partial charge in [-0.15, -0.1) is 0 Å². The van der Waals surface area contributed by atoms with E-state index in [0.29, 0.717) is 18.5 Å². The Morgan fingerprint density at radius 2 is 1.30 bits per heavy atom. The van der Waals surface area contributed by atoms with Crippen molar-refractivity contribution >= 4 is 5.91 Å². The summed E-state index contributed by atoms with van der Waals surface area (Å²) in [6.07, 6.45) is 0.695. The van der Waals surface area contributed by atoms with Gasteiger partial charge in [-0.2, -0.15) is 0 Å². The minimum Gasteiger partial charge on any atom is -0.369 e. The van der Waals surface area contributed by atoms with Gasteiger partial charge in [0.25, 0.3) is 0 Å². The molecule has 0 saturated heterocycles. The minimum atomic E-state index is -0.815. The summed E-state index contributed by atoms with van der Waals surface area (Å²) in [5.74, 6) is -0.276. The summed E-state index contributed by atoms with van der Waals surface area (Å²) >= 11 is 0. The number of primary amides is 1. The summed E-state index contributed by atoms with van der Waals surface area (Å²) < 4.78 is 0.967. The predicted octanol–water partition coefficient (Wildman–Crippen LogP) is 4.50. The quantitative estimate of drug-likeness (QED) is 0.652. The highest BCUT2D eigenvalue weighted by Gasteiger charge is 2.44. The molecule has 146 valence electrons. The van der Waals surface area contributed by atoms with Crippen LogP contribution in [0, 0.1) is 0 Å². The van der Waals surface area contributed by atoms with Crippen molar-refractivity contribution in [2.75, 3.05) is 13.1 Å². The number of benzene rings is 2. The molecule has 0 fully saturated rings. The van der Waals surface area contributed by atoms with E-state index in [1.807, 2.05) is 60.7 Å². The third kappa shape index (κ3) is 3.93. The number of quaternary nitrogens is 1. The fourth-order valence-corrected chi connectivity index (χ4v) is 4.69. The van der Waals surface area contributed by atoms with Gasteiger partial charge in [0, 0.05) is 6.42 Å². The molecule has 0 spiro atoms. The highest BCUT2D eigenvalue weighted by Crippen LogP contribution is 2.37. The monoisotopic (exact) mass is 367 g/mol. The molecule has 0 atom stereocenters. The first-order valence-corrected chi connectivity index (χ1v) is 10.1. The molecule has 27 heavy (non-hydrogen) atoms. The van der Waals surface area contributed by atoms with Crippen LogP contribution in [0.3, 0.4) is 0 Å². The molecule has 0 radical (unpaired) electrons. The van der Waals surface area contributed by atoms with E-state index in [4.69, 9.17) is 5.73 Å². The molecular formula is C24H35N2O+. The maximum atomic E-state index is 13.0. The first-order chi connectivity index (χ1) is 12.8. The van der Waals surface area contributed by atoms with Crippen LogP contribution in [-0.2, 0) is 10.2 Å². The molecule has 2 rings (SSSR count). The molecule has 2 aromatic carbocycles. The van der Waals surface area contributed by atoms with E-state index < -0.39 is 5.41 Å². The number of hydrogen-bond donors (Lipinski definition) is 1. The maximum absolute atomic E-state index is 13.0. The van der Waals surface area contributed by atoms with E-state index in [1.54, 1.807) is 0 Å². The number of nitrogens with two attached hydrogens (primary N) is 1. The summed E-state index contributed by atoms with van der Waals surface area (Å²) in [5.41, 5.74) is 7.25. The molecule has 3 nitrogen and oxygen atoms in total. The first-order valence-electron chi connectivity index (χ1n) is 10.1. The van der Waals surface area contributed by atoms with Crippen LogP contribution in [0.15, 0.2) is 60.7 Å². The van der Waals surface area contributed by atoms with Crippen molar-refractivity contribution in [2.24, 2.45) is 5.73 Å². The lowest BCUT2D eigenvalue weighted by molar-refractivity contribution is -0.965. The second-order valence-corrected chi connectivity index (χ2v) is 8.08. The summed E-state index contributed by atoms with van der Waals surface area (Å²) in [4.78, 5) is 13.0. The SMILES string of the molecule is CC[N+](CCC(C(N)=O)(c1ccccc1)c1ccccc1)(C(C)C)C(C)C. The van der Waals surface area contributed by atoms with Crippen LogP contribution in [-0.4, -0.2) is 35.6 Å². The fraction of sp³-hybridized carbons (Fsp3) is 0.458. The zero-order valence-corrected chi connectivity index (χ0v) is 17.5. The molecule has 0 aliphatic carbocycles. The molecule has 0 bridgehead atoms. The Labute approximate surface area is 164 Å². The van der Waals surface area contributed by atoms with Crippen molar-refractivity contribution in [1.29, 1.82) is 0 Å². The number of amides is 1. The lowest BCUT2D eigenvalue weighted by Gasteiger charge is -2.47. The topological polar surface area (TPSA) is 43.1 Å². The average molecular weight is 368 g/mol. The second-order valence-electron chi connectivity index (χ2n) is 8.08. The molecular weight excluding hydrogens is 332 g/mol. The molecule has 2 N–H and O–H groups in total. The number of nitrogens with zero attached hydrogens (tertiary/aromatic N) is 1. The smallest absolute Gasteiger partial charge is 0.232 e. The Bertz CT molecular complexity index is 675. The van der Waals surface area contributed by atoms with Crippen LogP contribution >= 0.6 is 0 Å².